The van der Waals surface area contributed by atoms with Gasteiger partial charge < -0.3 is 15.0 Å². The minimum atomic E-state index is -4.56. The predicted octanol–water partition coefficient (Wildman–Crippen LogP) is 5.09. The van der Waals surface area contributed by atoms with Crippen LogP contribution < -0.4 is 5.32 Å². The summed E-state index contributed by atoms with van der Waals surface area (Å²) < 4.78 is 41.6. The third-order valence-corrected chi connectivity index (χ3v) is 5.75. The van der Waals surface area contributed by atoms with Gasteiger partial charge in [0.05, 0.1) is 17.2 Å². The third-order valence-electron chi connectivity index (χ3n) is 5.75. The van der Waals surface area contributed by atoms with E-state index in [0.717, 1.165) is 30.3 Å². The first-order valence-corrected chi connectivity index (χ1v) is 10.0. The second-order valence-electron chi connectivity index (χ2n) is 7.76. The highest BCUT2D eigenvalue weighted by atomic mass is 19.4. The number of hydrogen-bond donors (Lipinski definition) is 2. The van der Waals surface area contributed by atoms with Gasteiger partial charge in [0.1, 0.15) is 0 Å². The van der Waals surface area contributed by atoms with E-state index < -0.39 is 17.8 Å². The average Bonchev–Trinajstić information content (AvgIpc) is 3.00. The molecule has 1 aromatic carbocycles. The van der Waals surface area contributed by atoms with E-state index in [9.17, 15) is 23.1 Å². The summed E-state index contributed by atoms with van der Waals surface area (Å²) in [5.74, 6) is -0.385. The van der Waals surface area contributed by atoms with Crippen molar-refractivity contribution in [3.05, 3.63) is 58.4 Å². The lowest BCUT2D eigenvalue weighted by molar-refractivity contribution is -0.139. The third kappa shape index (κ3) is 4.66. The van der Waals surface area contributed by atoms with Crippen molar-refractivity contribution in [1.29, 1.82) is 0 Å². The lowest BCUT2D eigenvalue weighted by Crippen LogP contribution is -2.29. The number of hydrogen-bond acceptors (Lipinski definition) is 2. The van der Waals surface area contributed by atoms with Crippen LogP contribution in [0, 0.1) is 13.8 Å². The van der Waals surface area contributed by atoms with Crippen LogP contribution in [0.2, 0.25) is 0 Å². The molecule has 1 aromatic heterocycles. The molecule has 7 heteroatoms. The summed E-state index contributed by atoms with van der Waals surface area (Å²) in [4.78, 5) is 12.7. The zero-order chi connectivity index (χ0) is 21.2. The fourth-order valence-electron chi connectivity index (χ4n) is 4.35. The number of alkyl halides is 3. The lowest BCUT2D eigenvalue weighted by Gasteiger charge is -2.26. The molecule has 2 aromatic rings. The first-order valence-electron chi connectivity index (χ1n) is 10.0. The quantitative estimate of drug-likeness (QED) is 0.724. The van der Waals surface area contributed by atoms with E-state index in [2.05, 4.69) is 9.88 Å². The van der Waals surface area contributed by atoms with Gasteiger partial charge in [0.15, 0.2) is 0 Å². The van der Waals surface area contributed by atoms with Crippen molar-refractivity contribution in [2.45, 2.75) is 64.3 Å². The first kappa shape index (κ1) is 21.4. The molecule has 3 rings (SSSR count). The molecule has 158 valence electrons. The molecule has 1 saturated carbocycles. The first-order chi connectivity index (χ1) is 13.7. The van der Waals surface area contributed by atoms with Gasteiger partial charge in [-0.3, -0.25) is 4.79 Å². The van der Waals surface area contributed by atoms with Gasteiger partial charge in [-0.15, -0.1) is 0 Å². The van der Waals surface area contributed by atoms with Gasteiger partial charge in [0, 0.05) is 24.0 Å². The summed E-state index contributed by atoms with van der Waals surface area (Å²) in [6.07, 6.45) is -0.247. The van der Waals surface area contributed by atoms with Gasteiger partial charge in [-0.05, 0) is 44.4 Å². The van der Waals surface area contributed by atoms with Crippen LogP contribution in [0.1, 0.15) is 77.1 Å². The molecule has 29 heavy (non-hydrogen) atoms. The number of carbonyl (C=O) groups excluding carboxylic acids is 1. The van der Waals surface area contributed by atoms with E-state index in [1.54, 1.807) is 0 Å². The van der Waals surface area contributed by atoms with Gasteiger partial charge in [0.25, 0.3) is 5.91 Å². The maximum absolute atomic E-state index is 13.1. The fraction of sp³-hybridized carbons (Fsp3) is 0.500. The number of aliphatic hydroxyl groups excluding tert-OH is 1. The minimum Gasteiger partial charge on any atom is -0.387 e. The number of halogens is 3. The molecule has 1 aliphatic carbocycles. The van der Waals surface area contributed by atoms with Gasteiger partial charge >= 0.3 is 6.18 Å². The zero-order valence-electron chi connectivity index (χ0n) is 16.7. The number of rotatable bonds is 5. The molecular weight excluding hydrogens is 381 g/mol. The van der Waals surface area contributed by atoms with Gasteiger partial charge in [-0.1, -0.05) is 37.5 Å². The fourth-order valence-corrected chi connectivity index (χ4v) is 4.35. The minimum absolute atomic E-state index is 0.243. The molecule has 1 aliphatic rings. The Labute approximate surface area is 168 Å². The van der Waals surface area contributed by atoms with Crippen LogP contribution in [0.3, 0.4) is 0 Å². The van der Waals surface area contributed by atoms with Crippen molar-refractivity contribution in [2.24, 2.45) is 0 Å². The van der Waals surface area contributed by atoms with E-state index in [0.29, 0.717) is 11.6 Å². The number of carbonyl (C=O) groups is 1. The average molecular weight is 408 g/mol. The molecule has 1 fully saturated rings. The second kappa shape index (κ2) is 8.61. The molecule has 1 heterocycles. The molecule has 2 N–H and O–H groups in total. The standard InChI is InChI=1S/C22H27F3N2O2/c1-14-12-18(15(2)27(14)16-8-4-3-5-9-16)21(29)26-13-20(28)17-10-6-7-11-19(17)22(23,24)25/h6-7,10-12,16,20,28H,3-5,8-9,13H2,1-2H3,(H,26,29). The van der Waals surface area contributed by atoms with E-state index in [4.69, 9.17) is 0 Å². The maximum atomic E-state index is 13.1. The topological polar surface area (TPSA) is 54.3 Å². The van der Waals surface area contributed by atoms with E-state index >= 15 is 0 Å². The summed E-state index contributed by atoms with van der Waals surface area (Å²) in [7, 11) is 0. The van der Waals surface area contributed by atoms with Gasteiger partial charge in [-0.2, -0.15) is 13.2 Å². The molecule has 1 unspecified atom stereocenters. The van der Waals surface area contributed by atoms with Crippen molar-refractivity contribution in [2.75, 3.05) is 6.54 Å². The molecule has 4 nitrogen and oxygen atoms in total. The van der Waals surface area contributed by atoms with Crippen molar-refractivity contribution < 1.29 is 23.1 Å². The Morgan fingerprint density at radius 2 is 1.86 bits per heavy atom. The van der Waals surface area contributed by atoms with Gasteiger partial charge in [-0.25, -0.2) is 0 Å². The van der Waals surface area contributed by atoms with E-state index in [1.165, 1.54) is 37.5 Å². The lowest BCUT2D eigenvalue weighted by atomic mass is 9.95. The Bertz CT molecular complexity index is 867. The van der Waals surface area contributed by atoms with E-state index in [1.807, 2.05) is 19.9 Å². The Kier molecular flexibility index (Phi) is 6.36. The van der Waals surface area contributed by atoms with Crippen LogP contribution >= 0.6 is 0 Å². The highest BCUT2D eigenvalue weighted by Gasteiger charge is 2.34. The number of nitrogens with one attached hydrogen (secondary N) is 1. The monoisotopic (exact) mass is 408 g/mol. The largest absolute Gasteiger partial charge is 0.416 e. The predicted molar refractivity (Wildman–Crippen MR) is 105 cm³/mol. The summed E-state index contributed by atoms with van der Waals surface area (Å²) in [5, 5.41) is 12.9. The van der Waals surface area contributed by atoms with Crippen LogP contribution in [0.15, 0.2) is 30.3 Å². The number of amides is 1. The SMILES string of the molecule is Cc1cc(C(=O)NCC(O)c2ccccc2C(F)(F)F)c(C)n1C1CCCCC1. The zero-order valence-corrected chi connectivity index (χ0v) is 16.7. The van der Waals surface area contributed by atoms with Crippen LogP contribution in [0.4, 0.5) is 13.2 Å². The normalized spacial score (nSPS) is 16.6. The molecule has 1 atom stereocenters. The van der Waals surface area contributed by atoms with Gasteiger partial charge in [0.2, 0.25) is 0 Å². The van der Waals surface area contributed by atoms with Crippen molar-refractivity contribution in [1.82, 2.24) is 9.88 Å². The Morgan fingerprint density at radius 3 is 2.52 bits per heavy atom. The van der Waals surface area contributed by atoms with E-state index in [-0.39, 0.29) is 18.0 Å². The Morgan fingerprint density at radius 1 is 1.21 bits per heavy atom. The molecule has 1 amide bonds. The Balaban J connectivity index is 1.72. The Hall–Kier alpha value is -2.28. The van der Waals surface area contributed by atoms with Crippen LogP contribution in [0.25, 0.3) is 0 Å². The molecule has 0 bridgehead atoms. The summed E-state index contributed by atoms with van der Waals surface area (Å²) >= 11 is 0. The number of aliphatic hydroxyl groups is 1. The molecule has 0 aliphatic heterocycles. The smallest absolute Gasteiger partial charge is 0.387 e. The molecule has 0 spiro atoms. The highest BCUT2D eigenvalue weighted by Crippen LogP contribution is 2.35. The summed E-state index contributed by atoms with van der Waals surface area (Å²) in [5.41, 5.74) is 1.23. The summed E-state index contributed by atoms with van der Waals surface area (Å²) in [6, 6.07) is 7.07. The number of nitrogens with zero attached hydrogens (tertiary/aromatic N) is 1. The maximum Gasteiger partial charge on any atom is 0.416 e. The van der Waals surface area contributed by atoms with Crippen molar-refractivity contribution in [3.63, 3.8) is 0 Å². The number of aromatic nitrogens is 1. The highest BCUT2D eigenvalue weighted by molar-refractivity contribution is 5.95. The van der Waals surface area contributed by atoms with Crippen molar-refractivity contribution >= 4 is 5.91 Å². The summed E-state index contributed by atoms with van der Waals surface area (Å²) in [6.45, 7) is 3.57. The number of benzene rings is 1. The second-order valence-corrected chi connectivity index (χ2v) is 7.76. The molecular formula is C22H27F3N2O2. The molecule has 0 radical (unpaired) electrons. The van der Waals surface area contributed by atoms with Crippen LogP contribution in [-0.2, 0) is 6.18 Å². The van der Waals surface area contributed by atoms with Crippen LogP contribution in [-0.4, -0.2) is 22.1 Å². The van der Waals surface area contributed by atoms with Crippen molar-refractivity contribution in [3.8, 4) is 0 Å². The van der Waals surface area contributed by atoms with Crippen LogP contribution in [0.5, 0.6) is 0 Å². The molecule has 0 saturated heterocycles. The number of aryl methyl sites for hydroxylation is 1.